The van der Waals surface area contributed by atoms with E-state index in [0.29, 0.717) is 0 Å². The number of piperidine rings is 1. The summed E-state index contributed by atoms with van der Waals surface area (Å²) in [6, 6.07) is 0. The van der Waals surface area contributed by atoms with E-state index in [2.05, 4.69) is 35.3 Å². The predicted octanol–water partition coefficient (Wildman–Crippen LogP) is 2.23. The highest BCUT2D eigenvalue weighted by molar-refractivity contribution is 5.26. The van der Waals surface area contributed by atoms with Gasteiger partial charge in [-0.3, -0.25) is 0 Å². The fourth-order valence-electron chi connectivity index (χ4n) is 2.67. The van der Waals surface area contributed by atoms with Gasteiger partial charge in [-0.2, -0.15) is 0 Å². The average Bonchev–Trinajstić information content (AvgIpc) is 2.65. The van der Waals surface area contributed by atoms with Crippen molar-refractivity contribution in [3.8, 4) is 0 Å². The van der Waals surface area contributed by atoms with Crippen LogP contribution in [0.25, 0.3) is 0 Å². The molecule has 0 radical (unpaired) electrons. The van der Waals surface area contributed by atoms with E-state index in [4.69, 9.17) is 9.47 Å². The minimum absolute atomic E-state index is 0.263. The highest BCUT2D eigenvalue weighted by Crippen LogP contribution is 2.32. The summed E-state index contributed by atoms with van der Waals surface area (Å²) >= 11 is 0. The monoisotopic (exact) mass is 233 g/mol. The van der Waals surface area contributed by atoms with Gasteiger partial charge in [-0.1, -0.05) is 18.2 Å². The van der Waals surface area contributed by atoms with Crippen LogP contribution in [0.3, 0.4) is 0 Å². The largest absolute Gasteiger partial charge is 0.371 e. The van der Waals surface area contributed by atoms with Gasteiger partial charge >= 0.3 is 0 Å². The predicted molar refractivity (Wildman–Crippen MR) is 66.4 cm³/mol. The van der Waals surface area contributed by atoms with E-state index in [1.807, 2.05) is 0 Å². The number of hydrogen-bond acceptors (Lipinski definition) is 3. The molecule has 0 atom stereocenters. The highest BCUT2D eigenvalue weighted by atomic mass is 16.7. The number of ether oxygens (including phenoxy) is 2. The second-order valence-corrected chi connectivity index (χ2v) is 4.75. The third-order valence-electron chi connectivity index (χ3n) is 3.67. The summed E-state index contributed by atoms with van der Waals surface area (Å²) in [4.78, 5) is 2.42. The van der Waals surface area contributed by atoms with E-state index in [-0.39, 0.29) is 5.79 Å². The molecule has 17 heavy (non-hydrogen) atoms. The van der Waals surface area contributed by atoms with E-state index in [1.165, 1.54) is 5.70 Å². The quantitative estimate of drug-likeness (QED) is 0.693. The normalized spacial score (nSPS) is 27.3. The molecule has 1 spiro atoms. The molecule has 2 saturated heterocycles. The smallest absolute Gasteiger partial charge is 0.171 e. The Morgan fingerprint density at radius 2 is 1.82 bits per heavy atom. The molecule has 2 heterocycles. The summed E-state index contributed by atoms with van der Waals surface area (Å²) in [6.07, 6.45) is 13.9. The Morgan fingerprint density at radius 3 is 2.59 bits per heavy atom. The van der Waals surface area contributed by atoms with E-state index >= 15 is 0 Å². The third kappa shape index (κ3) is 2.31. The lowest BCUT2D eigenvalue weighted by Gasteiger charge is -2.39. The van der Waals surface area contributed by atoms with E-state index in [9.17, 15) is 0 Å². The Kier molecular flexibility index (Phi) is 3.04. The highest BCUT2D eigenvalue weighted by Gasteiger charge is 2.39. The van der Waals surface area contributed by atoms with Crippen LogP contribution in [0.5, 0.6) is 0 Å². The average molecular weight is 233 g/mol. The molecular formula is C14H19NO2. The van der Waals surface area contributed by atoms with Crippen molar-refractivity contribution in [1.82, 2.24) is 4.90 Å². The van der Waals surface area contributed by atoms with E-state index < -0.39 is 0 Å². The number of likely N-dealkylation sites (tertiary alicyclic amines) is 1. The van der Waals surface area contributed by atoms with Gasteiger partial charge in [0.2, 0.25) is 0 Å². The maximum absolute atomic E-state index is 5.74. The lowest BCUT2D eigenvalue weighted by Crippen LogP contribution is -2.44. The number of nitrogens with zero attached hydrogens (tertiary/aromatic N) is 1. The lowest BCUT2D eigenvalue weighted by atomic mass is 10.0. The van der Waals surface area contributed by atoms with Crippen LogP contribution in [0.1, 0.15) is 19.3 Å². The molecule has 0 N–H and O–H groups in total. The Bertz CT molecular complexity index is 354. The molecule has 3 rings (SSSR count). The van der Waals surface area contributed by atoms with Crippen molar-refractivity contribution in [1.29, 1.82) is 0 Å². The second kappa shape index (κ2) is 4.67. The molecular weight excluding hydrogens is 214 g/mol. The first-order valence-electron chi connectivity index (χ1n) is 6.44. The first kappa shape index (κ1) is 11.1. The van der Waals surface area contributed by atoms with Gasteiger partial charge in [-0.15, -0.1) is 0 Å². The minimum atomic E-state index is -0.263. The Hall–Kier alpha value is -1.06. The fraction of sp³-hybridized carbons (Fsp3) is 0.571. The van der Waals surface area contributed by atoms with Gasteiger partial charge in [-0.25, -0.2) is 0 Å². The van der Waals surface area contributed by atoms with Crippen LogP contribution >= 0.6 is 0 Å². The van der Waals surface area contributed by atoms with Crippen LogP contribution < -0.4 is 0 Å². The Morgan fingerprint density at radius 1 is 1.06 bits per heavy atom. The summed E-state index contributed by atoms with van der Waals surface area (Å²) in [7, 11) is 0. The molecule has 2 aliphatic heterocycles. The zero-order chi connectivity index (χ0) is 11.6. The van der Waals surface area contributed by atoms with Crippen molar-refractivity contribution < 1.29 is 9.47 Å². The Labute approximate surface area is 102 Å². The standard InChI is InChI=1S/C14H19NO2/c1-2-4-6-13(5-3-1)15-9-7-14(8-10-15)16-11-12-17-14/h1,3-6H,2,7-12H2. The van der Waals surface area contributed by atoms with Gasteiger partial charge in [0.1, 0.15) is 0 Å². The molecule has 0 aromatic carbocycles. The van der Waals surface area contributed by atoms with Crippen molar-refractivity contribution in [2.45, 2.75) is 25.0 Å². The van der Waals surface area contributed by atoms with Crippen molar-refractivity contribution in [3.63, 3.8) is 0 Å². The fourth-order valence-corrected chi connectivity index (χ4v) is 2.67. The van der Waals surface area contributed by atoms with Crippen LogP contribution in [0.4, 0.5) is 0 Å². The van der Waals surface area contributed by atoms with Crippen LogP contribution in [-0.4, -0.2) is 37.0 Å². The van der Waals surface area contributed by atoms with Crippen LogP contribution in [0.15, 0.2) is 36.1 Å². The zero-order valence-electron chi connectivity index (χ0n) is 10.1. The van der Waals surface area contributed by atoms with Gasteiger partial charge in [0.25, 0.3) is 0 Å². The maximum atomic E-state index is 5.74. The SMILES string of the molecule is C1=CCC=CC(N2CCC3(CC2)OCCO3)=C1. The van der Waals surface area contributed by atoms with Crippen LogP contribution in [-0.2, 0) is 9.47 Å². The third-order valence-corrected chi connectivity index (χ3v) is 3.67. The molecule has 0 amide bonds. The van der Waals surface area contributed by atoms with Crippen LogP contribution in [0.2, 0.25) is 0 Å². The summed E-state index contributed by atoms with van der Waals surface area (Å²) in [5.41, 5.74) is 1.31. The molecule has 0 unspecified atom stereocenters. The zero-order valence-corrected chi connectivity index (χ0v) is 10.1. The number of hydrogen-bond donors (Lipinski definition) is 0. The summed E-state index contributed by atoms with van der Waals surface area (Å²) in [5, 5.41) is 0. The van der Waals surface area contributed by atoms with Gasteiger partial charge < -0.3 is 14.4 Å². The molecule has 3 heteroatoms. The molecule has 1 aliphatic carbocycles. The van der Waals surface area contributed by atoms with Gasteiger partial charge in [0.15, 0.2) is 5.79 Å². The molecule has 0 saturated carbocycles. The van der Waals surface area contributed by atoms with Crippen molar-refractivity contribution in [3.05, 3.63) is 36.1 Å². The number of rotatable bonds is 1. The summed E-state index contributed by atoms with van der Waals surface area (Å²) in [5.74, 6) is -0.263. The van der Waals surface area contributed by atoms with Gasteiger partial charge in [-0.05, 0) is 18.6 Å². The first-order valence-corrected chi connectivity index (χ1v) is 6.44. The van der Waals surface area contributed by atoms with Gasteiger partial charge in [0.05, 0.1) is 13.2 Å². The molecule has 2 fully saturated rings. The molecule has 0 aromatic rings. The molecule has 3 aliphatic rings. The number of allylic oxidation sites excluding steroid dienone is 5. The van der Waals surface area contributed by atoms with E-state index in [0.717, 1.165) is 45.6 Å². The van der Waals surface area contributed by atoms with Crippen molar-refractivity contribution >= 4 is 0 Å². The Balaban J connectivity index is 1.64. The van der Waals surface area contributed by atoms with Crippen LogP contribution in [0, 0.1) is 0 Å². The van der Waals surface area contributed by atoms with Crippen molar-refractivity contribution in [2.75, 3.05) is 26.3 Å². The maximum Gasteiger partial charge on any atom is 0.171 e. The topological polar surface area (TPSA) is 21.7 Å². The molecule has 0 bridgehead atoms. The molecule has 3 nitrogen and oxygen atoms in total. The minimum Gasteiger partial charge on any atom is -0.371 e. The van der Waals surface area contributed by atoms with Crippen molar-refractivity contribution in [2.24, 2.45) is 0 Å². The lowest BCUT2D eigenvalue weighted by molar-refractivity contribution is -0.182. The summed E-state index contributed by atoms with van der Waals surface area (Å²) in [6.45, 7) is 3.55. The molecule has 92 valence electrons. The summed E-state index contributed by atoms with van der Waals surface area (Å²) < 4.78 is 11.5. The molecule has 0 aromatic heterocycles. The first-order chi connectivity index (χ1) is 8.38. The van der Waals surface area contributed by atoms with E-state index in [1.54, 1.807) is 0 Å². The second-order valence-electron chi connectivity index (χ2n) is 4.75. The van der Waals surface area contributed by atoms with Gasteiger partial charge in [0, 0.05) is 31.6 Å².